The fourth-order valence-corrected chi connectivity index (χ4v) is 1.14. The Hall–Kier alpha value is -2.14. The molecule has 0 fully saturated rings. The molecule has 0 aliphatic rings. The maximum Gasteiger partial charge on any atom is 0.328 e. The minimum Gasteiger partial charge on any atom is -0.480 e. The lowest BCUT2D eigenvalue weighted by Gasteiger charge is -2.08. The number of amides is 1. The van der Waals surface area contributed by atoms with Gasteiger partial charge in [0.15, 0.2) is 6.04 Å². The second kappa shape index (κ2) is 6.44. The third-order valence-corrected chi connectivity index (χ3v) is 2.02. The third-order valence-electron chi connectivity index (χ3n) is 2.02. The van der Waals surface area contributed by atoms with Gasteiger partial charge in [0, 0.05) is 6.08 Å². The summed E-state index contributed by atoms with van der Waals surface area (Å²) in [5.41, 5.74) is 0.832. The Morgan fingerprint density at radius 2 is 1.94 bits per heavy atom. The molecule has 0 radical (unpaired) electrons. The van der Waals surface area contributed by atoms with Crippen LogP contribution in [0.3, 0.4) is 0 Å². The van der Waals surface area contributed by atoms with Crippen LogP contribution in [-0.2, 0) is 9.59 Å². The number of nitrogens with one attached hydrogen (secondary N) is 1. The molecule has 90 valence electrons. The first-order chi connectivity index (χ1) is 8.13. The fourth-order valence-electron chi connectivity index (χ4n) is 1.14. The van der Waals surface area contributed by atoms with Crippen LogP contribution in [0, 0.1) is 0 Å². The van der Waals surface area contributed by atoms with E-state index in [4.69, 9.17) is 10.2 Å². The average molecular weight is 235 g/mol. The van der Waals surface area contributed by atoms with E-state index in [1.165, 1.54) is 6.08 Å². The molecule has 0 spiro atoms. The first kappa shape index (κ1) is 12.9. The maximum absolute atomic E-state index is 11.3. The van der Waals surface area contributed by atoms with E-state index >= 15 is 0 Å². The van der Waals surface area contributed by atoms with Crippen molar-refractivity contribution in [2.45, 2.75) is 6.04 Å². The van der Waals surface area contributed by atoms with Gasteiger partial charge in [0.2, 0.25) is 5.91 Å². The van der Waals surface area contributed by atoms with Gasteiger partial charge in [0.25, 0.3) is 0 Å². The summed E-state index contributed by atoms with van der Waals surface area (Å²) in [5.74, 6) is -1.83. The smallest absolute Gasteiger partial charge is 0.328 e. The first-order valence-electron chi connectivity index (χ1n) is 5.01. The number of aliphatic hydroxyl groups is 1. The van der Waals surface area contributed by atoms with Crippen LogP contribution in [0.15, 0.2) is 36.4 Å². The minimum atomic E-state index is -1.28. The molecule has 1 aromatic carbocycles. The predicted molar refractivity (Wildman–Crippen MR) is 62.1 cm³/mol. The molecule has 0 aliphatic heterocycles. The Kier molecular flexibility index (Phi) is 4.90. The normalized spacial score (nSPS) is 12.3. The number of aliphatic hydroxyl groups excluding tert-OH is 1. The van der Waals surface area contributed by atoms with E-state index in [2.05, 4.69) is 5.32 Å². The number of hydrogen-bond acceptors (Lipinski definition) is 3. The van der Waals surface area contributed by atoms with Gasteiger partial charge in [-0.3, -0.25) is 4.79 Å². The first-order valence-corrected chi connectivity index (χ1v) is 5.01. The number of aliphatic carboxylic acids is 1. The lowest BCUT2D eigenvalue weighted by Crippen LogP contribution is -2.42. The molecule has 3 N–H and O–H groups in total. The molecular weight excluding hydrogens is 222 g/mol. The van der Waals surface area contributed by atoms with Gasteiger partial charge in [-0.2, -0.15) is 0 Å². The number of hydrogen-bond donors (Lipinski definition) is 3. The summed E-state index contributed by atoms with van der Waals surface area (Å²) < 4.78 is 0. The Balaban J connectivity index is 2.55. The molecule has 5 heteroatoms. The molecule has 0 saturated carbocycles. The highest BCUT2D eigenvalue weighted by Gasteiger charge is 2.16. The summed E-state index contributed by atoms with van der Waals surface area (Å²) in [4.78, 5) is 21.9. The predicted octanol–water partition coefficient (Wildman–Crippen LogP) is 0.261. The lowest BCUT2D eigenvalue weighted by atomic mass is 10.2. The van der Waals surface area contributed by atoms with E-state index in [1.54, 1.807) is 6.08 Å². The Morgan fingerprint density at radius 1 is 1.29 bits per heavy atom. The van der Waals surface area contributed by atoms with Crippen LogP contribution in [-0.4, -0.2) is 34.7 Å². The molecule has 0 bridgehead atoms. The highest BCUT2D eigenvalue weighted by molar-refractivity contribution is 5.94. The van der Waals surface area contributed by atoms with Gasteiger partial charge in [-0.05, 0) is 11.6 Å². The van der Waals surface area contributed by atoms with Gasteiger partial charge >= 0.3 is 5.97 Å². The van der Waals surface area contributed by atoms with E-state index in [0.717, 1.165) is 5.56 Å². The maximum atomic E-state index is 11.3. The van der Waals surface area contributed by atoms with Crippen molar-refractivity contribution in [2.75, 3.05) is 6.61 Å². The molecule has 0 aliphatic carbocycles. The van der Waals surface area contributed by atoms with Crippen molar-refractivity contribution in [3.63, 3.8) is 0 Å². The van der Waals surface area contributed by atoms with E-state index in [0.29, 0.717) is 0 Å². The van der Waals surface area contributed by atoms with Crippen molar-refractivity contribution < 1.29 is 19.8 Å². The number of carboxylic acids is 1. The van der Waals surface area contributed by atoms with Crippen molar-refractivity contribution in [1.82, 2.24) is 5.32 Å². The van der Waals surface area contributed by atoms with Crippen molar-refractivity contribution in [3.8, 4) is 0 Å². The standard InChI is InChI=1S/C12H13NO4/c14-8-10(12(16)17)13-11(15)7-6-9-4-2-1-3-5-9/h1-7,10,14H,8H2,(H,13,15)(H,16,17). The molecule has 17 heavy (non-hydrogen) atoms. The Morgan fingerprint density at radius 3 is 2.47 bits per heavy atom. The number of benzene rings is 1. The molecule has 1 aromatic rings. The fraction of sp³-hybridized carbons (Fsp3) is 0.167. The topological polar surface area (TPSA) is 86.6 Å². The number of carboxylic acid groups (broad SMARTS) is 1. The zero-order chi connectivity index (χ0) is 12.7. The summed E-state index contributed by atoms with van der Waals surface area (Å²) in [7, 11) is 0. The second-order valence-electron chi connectivity index (χ2n) is 3.33. The van der Waals surface area contributed by atoms with Crippen LogP contribution in [0.25, 0.3) is 6.08 Å². The molecule has 1 rings (SSSR count). The van der Waals surface area contributed by atoms with Gasteiger partial charge in [-0.15, -0.1) is 0 Å². The molecule has 1 unspecified atom stereocenters. The highest BCUT2D eigenvalue weighted by atomic mass is 16.4. The van der Waals surface area contributed by atoms with Crippen molar-refractivity contribution in [2.24, 2.45) is 0 Å². The van der Waals surface area contributed by atoms with E-state index in [9.17, 15) is 9.59 Å². The zero-order valence-electron chi connectivity index (χ0n) is 9.04. The Bertz CT molecular complexity index is 414. The summed E-state index contributed by atoms with van der Waals surface area (Å²) in [6.07, 6.45) is 2.78. The van der Waals surface area contributed by atoms with Crippen LogP contribution < -0.4 is 5.32 Å². The summed E-state index contributed by atoms with van der Waals surface area (Å²) >= 11 is 0. The van der Waals surface area contributed by atoms with Crippen molar-refractivity contribution in [3.05, 3.63) is 42.0 Å². The van der Waals surface area contributed by atoms with Crippen LogP contribution in [0.5, 0.6) is 0 Å². The van der Waals surface area contributed by atoms with Gasteiger partial charge in [-0.25, -0.2) is 4.79 Å². The molecule has 1 amide bonds. The van der Waals surface area contributed by atoms with Gasteiger partial charge in [0.05, 0.1) is 6.61 Å². The van der Waals surface area contributed by atoms with Crippen LogP contribution >= 0.6 is 0 Å². The number of carbonyl (C=O) groups excluding carboxylic acids is 1. The largest absolute Gasteiger partial charge is 0.480 e. The molecule has 5 nitrogen and oxygen atoms in total. The molecule has 0 aromatic heterocycles. The summed E-state index contributed by atoms with van der Waals surface area (Å²) in [5, 5.41) is 19.5. The van der Waals surface area contributed by atoms with E-state index in [-0.39, 0.29) is 0 Å². The van der Waals surface area contributed by atoms with Crippen LogP contribution in [0.1, 0.15) is 5.56 Å². The molecule has 0 saturated heterocycles. The number of carbonyl (C=O) groups is 2. The molecular formula is C12H13NO4. The van der Waals surface area contributed by atoms with Gasteiger partial charge in [0.1, 0.15) is 0 Å². The molecule has 0 heterocycles. The summed E-state index contributed by atoms with van der Waals surface area (Å²) in [6, 6.07) is 7.85. The van der Waals surface area contributed by atoms with Crippen LogP contribution in [0.4, 0.5) is 0 Å². The zero-order valence-corrected chi connectivity index (χ0v) is 9.04. The minimum absolute atomic E-state index is 0.560. The van der Waals surface area contributed by atoms with Gasteiger partial charge in [-0.1, -0.05) is 30.3 Å². The average Bonchev–Trinajstić information content (AvgIpc) is 2.34. The lowest BCUT2D eigenvalue weighted by molar-refractivity contribution is -0.142. The van der Waals surface area contributed by atoms with Crippen LogP contribution in [0.2, 0.25) is 0 Å². The van der Waals surface area contributed by atoms with E-state index < -0.39 is 24.5 Å². The second-order valence-corrected chi connectivity index (χ2v) is 3.33. The summed E-state index contributed by atoms with van der Waals surface area (Å²) in [6.45, 7) is -0.639. The van der Waals surface area contributed by atoms with E-state index in [1.807, 2.05) is 30.3 Å². The van der Waals surface area contributed by atoms with Gasteiger partial charge < -0.3 is 15.5 Å². The van der Waals surface area contributed by atoms with Crippen molar-refractivity contribution in [1.29, 1.82) is 0 Å². The van der Waals surface area contributed by atoms with Crippen molar-refractivity contribution >= 4 is 18.0 Å². The molecule has 1 atom stereocenters. The third kappa shape index (κ3) is 4.48. The highest BCUT2D eigenvalue weighted by Crippen LogP contribution is 2.00. The quantitative estimate of drug-likeness (QED) is 0.639. The SMILES string of the molecule is O=C(C=Cc1ccccc1)NC(CO)C(=O)O. The monoisotopic (exact) mass is 235 g/mol. The Labute approximate surface area is 98.4 Å². The number of rotatable bonds is 5.